The molecule has 5 nitrogen and oxygen atoms in total. The van der Waals surface area contributed by atoms with E-state index in [0.717, 1.165) is 40.0 Å². The van der Waals surface area contributed by atoms with Crippen molar-refractivity contribution in [2.45, 2.75) is 25.2 Å². The van der Waals surface area contributed by atoms with E-state index in [1.54, 1.807) is 12.4 Å². The maximum atomic E-state index is 13.3. The van der Waals surface area contributed by atoms with Crippen molar-refractivity contribution in [3.05, 3.63) is 94.9 Å². The van der Waals surface area contributed by atoms with Crippen LogP contribution in [-0.4, -0.2) is 33.9 Å². The predicted molar refractivity (Wildman–Crippen MR) is 120 cm³/mol. The van der Waals surface area contributed by atoms with Crippen LogP contribution in [0.15, 0.2) is 71.4 Å². The van der Waals surface area contributed by atoms with E-state index in [0.29, 0.717) is 31.1 Å². The minimum absolute atomic E-state index is 0.0376. The van der Waals surface area contributed by atoms with Gasteiger partial charge in [-0.15, -0.1) is 0 Å². The Bertz CT molecular complexity index is 1230. The number of nitrogens with zero attached hydrogens (tertiary/aromatic N) is 3. The SMILES string of the molecule is O=C(c1nccc2ccccc12)N1CCCC(c2ncc(Cc3ccccc3Cl)o2)C1. The van der Waals surface area contributed by atoms with E-state index in [2.05, 4.69) is 9.97 Å². The Morgan fingerprint density at radius 3 is 2.84 bits per heavy atom. The molecule has 2 aromatic carbocycles. The zero-order chi connectivity index (χ0) is 21.2. The van der Waals surface area contributed by atoms with Gasteiger partial charge in [-0.3, -0.25) is 9.78 Å². The van der Waals surface area contributed by atoms with Crippen LogP contribution in [0.5, 0.6) is 0 Å². The third-order valence-electron chi connectivity index (χ3n) is 5.83. The minimum Gasteiger partial charge on any atom is -0.445 e. The van der Waals surface area contributed by atoms with E-state index in [4.69, 9.17) is 16.0 Å². The third-order valence-corrected chi connectivity index (χ3v) is 6.20. The van der Waals surface area contributed by atoms with Gasteiger partial charge >= 0.3 is 0 Å². The fraction of sp³-hybridized carbons (Fsp3) is 0.240. The molecule has 4 aromatic rings. The van der Waals surface area contributed by atoms with Crippen LogP contribution in [0.2, 0.25) is 5.02 Å². The van der Waals surface area contributed by atoms with Gasteiger partial charge in [0.1, 0.15) is 11.5 Å². The van der Waals surface area contributed by atoms with Gasteiger partial charge in [0.15, 0.2) is 5.89 Å². The molecule has 0 bridgehead atoms. The van der Waals surface area contributed by atoms with Gasteiger partial charge in [0.05, 0.1) is 12.1 Å². The number of piperidine rings is 1. The van der Waals surface area contributed by atoms with Gasteiger partial charge in [-0.05, 0) is 35.9 Å². The number of hydrogen-bond acceptors (Lipinski definition) is 4. The lowest BCUT2D eigenvalue weighted by atomic mass is 9.97. The summed E-state index contributed by atoms with van der Waals surface area (Å²) >= 11 is 6.27. The summed E-state index contributed by atoms with van der Waals surface area (Å²) in [6.45, 7) is 1.29. The summed E-state index contributed by atoms with van der Waals surface area (Å²) in [5.41, 5.74) is 1.51. The molecule has 3 heterocycles. The number of benzene rings is 2. The molecule has 1 aliphatic rings. The van der Waals surface area contributed by atoms with E-state index in [9.17, 15) is 4.79 Å². The summed E-state index contributed by atoms with van der Waals surface area (Å²) in [5, 5.41) is 2.62. The normalized spacial score (nSPS) is 16.5. The fourth-order valence-corrected chi connectivity index (χ4v) is 4.43. The van der Waals surface area contributed by atoms with Crippen LogP contribution < -0.4 is 0 Å². The van der Waals surface area contributed by atoms with E-state index in [1.807, 2.05) is 59.5 Å². The molecule has 2 aromatic heterocycles. The van der Waals surface area contributed by atoms with Crippen molar-refractivity contribution in [1.29, 1.82) is 0 Å². The Hall–Kier alpha value is -3.18. The van der Waals surface area contributed by atoms with E-state index in [-0.39, 0.29) is 11.8 Å². The van der Waals surface area contributed by atoms with Gasteiger partial charge in [0.25, 0.3) is 5.91 Å². The molecular formula is C25H22ClN3O2. The summed E-state index contributed by atoms with van der Waals surface area (Å²) < 4.78 is 6.06. The fourth-order valence-electron chi connectivity index (χ4n) is 4.23. The first kappa shape index (κ1) is 19.8. The molecule has 0 spiro atoms. The molecule has 1 fully saturated rings. The van der Waals surface area contributed by atoms with Crippen molar-refractivity contribution in [3.63, 3.8) is 0 Å². The summed E-state index contributed by atoms with van der Waals surface area (Å²) in [6, 6.07) is 17.5. The first-order valence-corrected chi connectivity index (χ1v) is 10.9. The second kappa shape index (κ2) is 8.52. The maximum Gasteiger partial charge on any atom is 0.273 e. The largest absolute Gasteiger partial charge is 0.445 e. The molecule has 6 heteroatoms. The van der Waals surface area contributed by atoms with Crippen LogP contribution in [0, 0.1) is 0 Å². The third kappa shape index (κ3) is 4.06. The monoisotopic (exact) mass is 431 g/mol. The molecule has 1 aliphatic heterocycles. The topological polar surface area (TPSA) is 59.2 Å². The summed E-state index contributed by atoms with van der Waals surface area (Å²) in [6.07, 6.45) is 5.92. The van der Waals surface area contributed by atoms with E-state index >= 15 is 0 Å². The molecule has 5 rings (SSSR count). The number of hydrogen-bond donors (Lipinski definition) is 0. The second-order valence-corrected chi connectivity index (χ2v) is 8.31. The van der Waals surface area contributed by atoms with Crippen molar-refractivity contribution in [3.8, 4) is 0 Å². The lowest BCUT2D eigenvalue weighted by Gasteiger charge is -2.31. The molecular weight excluding hydrogens is 410 g/mol. The van der Waals surface area contributed by atoms with Crippen LogP contribution in [0.1, 0.15) is 46.5 Å². The molecule has 156 valence electrons. The maximum absolute atomic E-state index is 13.3. The molecule has 0 N–H and O–H groups in total. The molecule has 0 saturated carbocycles. The molecule has 1 saturated heterocycles. The lowest BCUT2D eigenvalue weighted by Crippen LogP contribution is -2.39. The Morgan fingerprint density at radius 1 is 1.10 bits per heavy atom. The van der Waals surface area contributed by atoms with E-state index in [1.165, 1.54) is 0 Å². The zero-order valence-corrected chi connectivity index (χ0v) is 17.8. The number of carbonyl (C=O) groups excluding carboxylic acids is 1. The molecule has 0 radical (unpaired) electrons. The molecule has 1 amide bonds. The highest BCUT2D eigenvalue weighted by Crippen LogP contribution is 2.29. The van der Waals surface area contributed by atoms with E-state index < -0.39 is 0 Å². The van der Waals surface area contributed by atoms with Crippen molar-refractivity contribution in [2.75, 3.05) is 13.1 Å². The molecule has 0 aliphatic carbocycles. The summed E-state index contributed by atoms with van der Waals surface area (Å²) in [5.74, 6) is 1.50. The van der Waals surface area contributed by atoms with Gasteiger partial charge in [-0.25, -0.2) is 4.98 Å². The summed E-state index contributed by atoms with van der Waals surface area (Å²) in [4.78, 5) is 24.1. The first-order valence-electron chi connectivity index (χ1n) is 10.5. The smallest absolute Gasteiger partial charge is 0.273 e. The van der Waals surface area contributed by atoms with Gasteiger partial charge in [0.2, 0.25) is 0 Å². The highest BCUT2D eigenvalue weighted by molar-refractivity contribution is 6.31. The van der Waals surface area contributed by atoms with Crippen molar-refractivity contribution in [2.24, 2.45) is 0 Å². The quantitative estimate of drug-likeness (QED) is 0.429. The average Bonchev–Trinajstić information content (AvgIpc) is 3.28. The van der Waals surface area contributed by atoms with Crippen molar-refractivity contribution in [1.82, 2.24) is 14.9 Å². The van der Waals surface area contributed by atoms with Crippen LogP contribution in [0.25, 0.3) is 10.8 Å². The van der Waals surface area contributed by atoms with Crippen LogP contribution in [0.3, 0.4) is 0 Å². The Kier molecular flexibility index (Phi) is 5.43. The Balaban J connectivity index is 1.33. The van der Waals surface area contributed by atoms with Gasteiger partial charge in [-0.1, -0.05) is 54.1 Å². The Labute approximate surface area is 185 Å². The highest BCUT2D eigenvalue weighted by Gasteiger charge is 2.29. The first-order chi connectivity index (χ1) is 15.2. The van der Waals surface area contributed by atoms with Crippen LogP contribution in [-0.2, 0) is 6.42 Å². The van der Waals surface area contributed by atoms with Crippen LogP contribution in [0.4, 0.5) is 0 Å². The van der Waals surface area contributed by atoms with Crippen LogP contribution >= 0.6 is 11.6 Å². The number of halogens is 1. The lowest BCUT2D eigenvalue weighted by molar-refractivity contribution is 0.0694. The number of rotatable bonds is 4. The molecule has 31 heavy (non-hydrogen) atoms. The number of pyridine rings is 1. The zero-order valence-electron chi connectivity index (χ0n) is 17.0. The number of likely N-dealkylation sites (tertiary alicyclic amines) is 1. The number of carbonyl (C=O) groups is 1. The number of amides is 1. The summed E-state index contributed by atoms with van der Waals surface area (Å²) in [7, 11) is 0. The van der Waals surface area contributed by atoms with Gasteiger partial charge in [-0.2, -0.15) is 0 Å². The Morgan fingerprint density at radius 2 is 1.94 bits per heavy atom. The number of fused-ring (bicyclic) bond motifs is 1. The minimum atomic E-state index is -0.0376. The predicted octanol–water partition coefficient (Wildman–Crippen LogP) is 5.49. The van der Waals surface area contributed by atoms with Gasteiger partial charge < -0.3 is 9.32 Å². The van der Waals surface area contributed by atoms with Crippen molar-refractivity contribution < 1.29 is 9.21 Å². The van der Waals surface area contributed by atoms with Gasteiger partial charge in [0, 0.05) is 36.1 Å². The molecule has 1 unspecified atom stereocenters. The number of aromatic nitrogens is 2. The highest BCUT2D eigenvalue weighted by atomic mass is 35.5. The standard InChI is InChI=1S/C25H22ClN3O2/c26-22-10-4-2-7-18(22)14-20-15-28-24(31-20)19-8-5-13-29(16-19)25(30)23-21-9-3-1-6-17(21)11-12-27-23/h1-4,6-7,9-12,15,19H,5,8,13-14,16H2. The van der Waals surface area contributed by atoms with Crippen molar-refractivity contribution >= 4 is 28.3 Å². The molecule has 1 atom stereocenters. The number of oxazole rings is 1. The second-order valence-electron chi connectivity index (χ2n) is 7.90. The average molecular weight is 432 g/mol.